The van der Waals surface area contributed by atoms with E-state index in [1.165, 1.54) is 5.56 Å². The molecule has 106 valence electrons. The van der Waals surface area contributed by atoms with Gasteiger partial charge in [0.15, 0.2) is 5.82 Å². The summed E-state index contributed by atoms with van der Waals surface area (Å²) in [5.74, 6) is 7.18. The Morgan fingerprint density at radius 1 is 1.30 bits per heavy atom. The minimum atomic E-state index is 0.329. The molecule has 0 fully saturated rings. The van der Waals surface area contributed by atoms with Crippen LogP contribution >= 0.6 is 0 Å². The summed E-state index contributed by atoms with van der Waals surface area (Å²) in [6.07, 6.45) is 3.61. The van der Waals surface area contributed by atoms with Gasteiger partial charge in [-0.15, -0.1) is 0 Å². The molecule has 0 aliphatic rings. The molecule has 0 aliphatic heterocycles. The highest BCUT2D eigenvalue weighted by molar-refractivity contribution is 5.47. The van der Waals surface area contributed by atoms with Crippen LogP contribution in [-0.4, -0.2) is 22.1 Å². The van der Waals surface area contributed by atoms with Crippen molar-refractivity contribution >= 4 is 11.6 Å². The zero-order valence-corrected chi connectivity index (χ0v) is 11.6. The van der Waals surface area contributed by atoms with Crippen LogP contribution in [0.3, 0.4) is 0 Å². The van der Waals surface area contributed by atoms with Crippen molar-refractivity contribution in [3.8, 4) is 0 Å². The summed E-state index contributed by atoms with van der Waals surface area (Å²) in [6, 6.07) is 3.71. The van der Waals surface area contributed by atoms with Crippen LogP contribution in [-0.2, 0) is 17.9 Å². The molecule has 0 radical (unpaired) electrons. The Kier molecular flexibility index (Phi) is 4.80. The molecule has 0 saturated carbocycles. The molecule has 0 spiro atoms. The molecule has 7 heteroatoms. The lowest BCUT2D eigenvalue weighted by atomic mass is 10.1. The van der Waals surface area contributed by atoms with E-state index < -0.39 is 0 Å². The molecule has 0 amide bonds. The number of methoxy groups -OCH3 is 1. The quantitative estimate of drug-likeness (QED) is 0.538. The number of aromatic nitrogens is 3. The van der Waals surface area contributed by atoms with Crippen molar-refractivity contribution in [3.63, 3.8) is 0 Å². The molecule has 0 saturated heterocycles. The van der Waals surface area contributed by atoms with E-state index >= 15 is 0 Å². The summed E-state index contributed by atoms with van der Waals surface area (Å²) in [4.78, 5) is 12.7. The zero-order chi connectivity index (χ0) is 14.4. The van der Waals surface area contributed by atoms with Gasteiger partial charge in [-0.05, 0) is 24.1 Å². The van der Waals surface area contributed by atoms with E-state index in [2.05, 4.69) is 25.7 Å². The molecule has 2 aromatic rings. The predicted octanol–water partition coefficient (Wildman–Crippen LogP) is 1.22. The van der Waals surface area contributed by atoms with Crippen LogP contribution in [0.4, 0.5) is 11.6 Å². The summed E-state index contributed by atoms with van der Waals surface area (Å²) in [5, 5.41) is 3.23. The smallest absolute Gasteiger partial charge is 0.158 e. The Labute approximate surface area is 117 Å². The summed E-state index contributed by atoms with van der Waals surface area (Å²) in [7, 11) is 1.60. The standard InChI is InChI=1S/C13H18N6O/c1-9-3-4-15-6-10(9)7-16-11-5-12(19-14)18-13(17-11)8-20-2/h3-6H,7-8,14H2,1-2H3,(H2,16,17,18,19). The minimum absolute atomic E-state index is 0.329. The molecule has 20 heavy (non-hydrogen) atoms. The number of hydrogen-bond acceptors (Lipinski definition) is 7. The highest BCUT2D eigenvalue weighted by Crippen LogP contribution is 2.13. The molecule has 4 N–H and O–H groups in total. The molecule has 0 aromatic carbocycles. The third-order valence-electron chi connectivity index (χ3n) is 2.80. The number of nitrogens with zero attached hydrogens (tertiary/aromatic N) is 3. The first-order valence-electron chi connectivity index (χ1n) is 6.20. The maximum absolute atomic E-state index is 5.40. The summed E-state index contributed by atoms with van der Waals surface area (Å²) in [6.45, 7) is 3.01. The second-order valence-corrected chi connectivity index (χ2v) is 4.29. The number of pyridine rings is 1. The molecular formula is C13H18N6O. The average molecular weight is 274 g/mol. The number of nitrogens with one attached hydrogen (secondary N) is 2. The Hall–Kier alpha value is -2.25. The van der Waals surface area contributed by atoms with E-state index in [1.54, 1.807) is 19.4 Å². The first-order chi connectivity index (χ1) is 9.72. The van der Waals surface area contributed by atoms with E-state index in [-0.39, 0.29) is 0 Å². The molecule has 2 rings (SSSR count). The van der Waals surface area contributed by atoms with Gasteiger partial charge in [0.05, 0.1) is 0 Å². The van der Waals surface area contributed by atoms with Gasteiger partial charge in [0.2, 0.25) is 0 Å². The first kappa shape index (κ1) is 14.2. The van der Waals surface area contributed by atoms with Crippen LogP contribution in [0.5, 0.6) is 0 Å². The van der Waals surface area contributed by atoms with Crippen LogP contribution in [0.2, 0.25) is 0 Å². The van der Waals surface area contributed by atoms with Crippen molar-refractivity contribution < 1.29 is 4.74 Å². The lowest BCUT2D eigenvalue weighted by molar-refractivity contribution is 0.178. The van der Waals surface area contributed by atoms with Gasteiger partial charge >= 0.3 is 0 Å². The molecule has 2 heterocycles. The van der Waals surface area contributed by atoms with Crippen LogP contribution < -0.4 is 16.6 Å². The maximum atomic E-state index is 5.40. The third-order valence-corrected chi connectivity index (χ3v) is 2.80. The zero-order valence-electron chi connectivity index (χ0n) is 11.6. The fourth-order valence-electron chi connectivity index (χ4n) is 1.72. The lowest BCUT2D eigenvalue weighted by Gasteiger charge is -2.10. The summed E-state index contributed by atoms with van der Waals surface area (Å²) in [5.41, 5.74) is 4.81. The Bertz CT molecular complexity index is 575. The molecule has 0 atom stereocenters. The van der Waals surface area contributed by atoms with E-state index in [0.717, 1.165) is 5.56 Å². The van der Waals surface area contributed by atoms with Gasteiger partial charge < -0.3 is 15.5 Å². The Balaban J connectivity index is 2.12. The molecular weight excluding hydrogens is 256 g/mol. The van der Waals surface area contributed by atoms with E-state index in [9.17, 15) is 0 Å². The van der Waals surface area contributed by atoms with Crippen molar-refractivity contribution in [2.45, 2.75) is 20.1 Å². The number of hydrogen-bond donors (Lipinski definition) is 3. The SMILES string of the molecule is COCc1nc(NN)cc(NCc2cnccc2C)n1. The van der Waals surface area contributed by atoms with E-state index in [1.807, 2.05) is 19.2 Å². The monoisotopic (exact) mass is 274 g/mol. The van der Waals surface area contributed by atoms with E-state index in [0.29, 0.717) is 30.6 Å². The minimum Gasteiger partial charge on any atom is -0.377 e. The van der Waals surface area contributed by atoms with Gasteiger partial charge in [-0.25, -0.2) is 15.8 Å². The maximum Gasteiger partial charge on any atom is 0.158 e. The molecule has 0 bridgehead atoms. The van der Waals surface area contributed by atoms with Crippen LogP contribution in [0.1, 0.15) is 17.0 Å². The number of rotatable bonds is 6. The largest absolute Gasteiger partial charge is 0.377 e. The van der Waals surface area contributed by atoms with Gasteiger partial charge in [0, 0.05) is 32.1 Å². The van der Waals surface area contributed by atoms with Gasteiger partial charge in [-0.2, -0.15) is 0 Å². The number of nitrogen functional groups attached to an aromatic ring is 1. The van der Waals surface area contributed by atoms with Gasteiger partial charge in [-0.3, -0.25) is 4.98 Å². The van der Waals surface area contributed by atoms with Crippen molar-refractivity contribution in [1.82, 2.24) is 15.0 Å². The summed E-state index contributed by atoms with van der Waals surface area (Å²) < 4.78 is 5.03. The lowest BCUT2D eigenvalue weighted by Crippen LogP contribution is -2.13. The van der Waals surface area contributed by atoms with Crippen molar-refractivity contribution in [2.75, 3.05) is 17.9 Å². The second-order valence-electron chi connectivity index (χ2n) is 4.29. The van der Waals surface area contributed by atoms with Crippen LogP contribution in [0.25, 0.3) is 0 Å². The molecule has 7 nitrogen and oxygen atoms in total. The predicted molar refractivity (Wildman–Crippen MR) is 76.9 cm³/mol. The van der Waals surface area contributed by atoms with Crippen molar-refractivity contribution in [3.05, 3.63) is 41.5 Å². The molecule has 0 aliphatic carbocycles. The first-order valence-corrected chi connectivity index (χ1v) is 6.20. The normalized spacial score (nSPS) is 10.3. The van der Waals surface area contributed by atoms with Crippen molar-refractivity contribution in [2.24, 2.45) is 5.84 Å². The number of ether oxygens (including phenoxy) is 1. The topological polar surface area (TPSA) is 98.0 Å². The fourth-order valence-corrected chi connectivity index (χ4v) is 1.72. The Morgan fingerprint density at radius 2 is 2.10 bits per heavy atom. The highest BCUT2D eigenvalue weighted by Gasteiger charge is 2.05. The van der Waals surface area contributed by atoms with E-state index in [4.69, 9.17) is 10.6 Å². The van der Waals surface area contributed by atoms with Crippen LogP contribution in [0, 0.1) is 6.92 Å². The number of anilines is 2. The molecule has 2 aromatic heterocycles. The number of nitrogens with two attached hydrogens (primary N) is 1. The fraction of sp³-hybridized carbons (Fsp3) is 0.308. The second kappa shape index (κ2) is 6.78. The highest BCUT2D eigenvalue weighted by atomic mass is 16.5. The Morgan fingerprint density at radius 3 is 2.80 bits per heavy atom. The average Bonchev–Trinajstić information content (AvgIpc) is 2.46. The third kappa shape index (κ3) is 3.62. The van der Waals surface area contributed by atoms with Gasteiger partial charge in [-0.1, -0.05) is 0 Å². The number of aryl methyl sites for hydroxylation is 1. The van der Waals surface area contributed by atoms with Crippen molar-refractivity contribution in [1.29, 1.82) is 0 Å². The summed E-state index contributed by atoms with van der Waals surface area (Å²) >= 11 is 0. The van der Waals surface area contributed by atoms with Gasteiger partial charge in [0.1, 0.15) is 18.2 Å². The number of hydrazine groups is 1. The van der Waals surface area contributed by atoms with Gasteiger partial charge in [0.25, 0.3) is 0 Å². The van der Waals surface area contributed by atoms with Crippen LogP contribution in [0.15, 0.2) is 24.5 Å². The molecule has 0 unspecified atom stereocenters.